The minimum Gasteiger partial charge on any atom is -0.287 e. The lowest BCUT2D eigenvalue weighted by Crippen LogP contribution is -2.20. The fraction of sp³-hybridized carbons (Fsp3) is 0.611. The molecule has 1 rings (SSSR count). The second-order valence-electron chi connectivity index (χ2n) is 6.48. The quantitative estimate of drug-likeness (QED) is 0.522. The van der Waals surface area contributed by atoms with Crippen LogP contribution in [0.15, 0.2) is 24.3 Å². The van der Waals surface area contributed by atoms with Crippen LogP contribution in [0.25, 0.3) is 0 Å². The summed E-state index contributed by atoms with van der Waals surface area (Å²) in [6.07, 6.45) is 3.75. The first kappa shape index (κ1) is 17.5. The molecule has 0 spiro atoms. The van der Waals surface area contributed by atoms with E-state index in [2.05, 4.69) is 27.7 Å². The molecule has 0 bridgehead atoms. The average Bonchev–Trinajstić information content (AvgIpc) is 2.45. The zero-order chi connectivity index (χ0) is 15.9. The molecule has 0 aromatic heterocycles. The number of benzene rings is 1. The Kier molecular flexibility index (Phi) is 6.73. The van der Waals surface area contributed by atoms with E-state index < -0.39 is 0 Å². The lowest BCUT2D eigenvalue weighted by molar-refractivity contribution is -0.219. The monoisotopic (exact) mass is 292 g/mol. The van der Waals surface area contributed by atoms with Crippen molar-refractivity contribution in [1.82, 2.24) is 0 Å². The molecule has 0 saturated heterocycles. The van der Waals surface area contributed by atoms with Gasteiger partial charge in [-0.25, -0.2) is 4.79 Å². The van der Waals surface area contributed by atoms with Crippen LogP contribution < -0.4 is 4.89 Å². The van der Waals surface area contributed by atoms with Crippen LogP contribution in [0, 0.1) is 5.92 Å². The summed E-state index contributed by atoms with van der Waals surface area (Å²) in [5.74, 6) is 0.269. The molecule has 118 valence electrons. The highest BCUT2D eigenvalue weighted by Gasteiger charge is 2.22. The van der Waals surface area contributed by atoms with Gasteiger partial charge < -0.3 is 0 Å². The summed E-state index contributed by atoms with van der Waals surface area (Å²) in [6.45, 7) is 10.4. The van der Waals surface area contributed by atoms with E-state index in [1.165, 1.54) is 0 Å². The first-order valence-corrected chi connectivity index (χ1v) is 7.88. The number of hydrogen-bond donors (Lipinski definition) is 0. The number of carbonyl (C=O) groups is 1. The Morgan fingerprint density at radius 1 is 1.19 bits per heavy atom. The molecular weight excluding hydrogens is 264 g/mol. The Labute approximate surface area is 128 Å². The topological polar surface area (TPSA) is 35.5 Å². The second-order valence-corrected chi connectivity index (χ2v) is 6.48. The van der Waals surface area contributed by atoms with Crippen LogP contribution in [-0.4, -0.2) is 5.97 Å². The summed E-state index contributed by atoms with van der Waals surface area (Å²) < 4.78 is 0. The van der Waals surface area contributed by atoms with E-state index >= 15 is 0 Å². The molecule has 1 atom stereocenters. The van der Waals surface area contributed by atoms with E-state index in [1.807, 2.05) is 31.2 Å². The van der Waals surface area contributed by atoms with Gasteiger partial charge in [-0.2, -0.15) is 0 Å². The molecule has 0 aliphatic rings. The highest BCUT2D eigenvalue weighted by molar-refractivity contribution is 5.71. The predicted octanol–water partition coefficient (Wildman–Crippen LogP) is 5.04. The molecule has 0 radical (unpaired) electrons. The van der Waals surface area contributed by atoms with Crippen molar-refractivity contribution in [3.63, 3.8) is 0 Å². The number of para-hydroxylation sites is 1. The minimum atomic E-state index is -0.269. The Morgan fingerprint density at radius 2 is 1.86 bits per heavy atom. The van der Waals surface area contributed by atoms with Gasteiger partial charge in [0.15, 0.2) is 5.75 Å². The van der Waals surface area contributed by atoms with Gasteiger partial charge in [-0.1, -0.05) is 65.7 Å². The van der Waals surface area contributed by atoms with Crippen molar-refractivity contribution in [3.8, 4) is 5.75 Å². The molecule has 0 aliphatic heterocycles. The Bertz CT molecular complexity index is 446. The van der Waals surface area contributed by atoms with Gasteiger partial charge in [-0.05, 0) is 24.3 Å². The Hall–Kier alpha value is -1.51. The molecular formula is C18H28O3. The van der Waals surface area contributed by atoms with Crippen molar-refractivity contribution in [2.45, 2.75) is 65.7 Å². The maximum atomic E-state index is 12.1. The van der Waals surface area contributed by atoms with Gasteiger partial charge in [0.1, 0.15) is 0 Å². The fourth-order valence-corrected chi connectivity index (χ4v) is 2.25. The average molecular weight is 292 g/mol. The van der Waals surface area contributed by atoms with Gasteiger partial charge in [-0.15, -0.1) is 0 Å². The van der Waals surface area contributed by atoms with Gasteiger partial charge in [-0.3, -0.25) is 9.78 Å². The van der Waals surface area contributed by atoms with Gasteiger partial charge in [0, 0.05) is 5.56 Å². The van der Waals surface area contributed by atoms with E-state index in [9.17, 15) is 4.79 Å². The zero-order valence-corrected chi connectivity index (χ0v) is 13.9. The normalized spacial score (nSPS) is 12.8. The predicted molar refractivity (Wildman–Crippen MR) is 85.2 cm³/mol. The summed E-state index contributed by atoms with van der Waals surface area (Å²) in [7, 11) is 0. The smallest absolute Gasteiger partial charge is 0.287 e. The summed E-state index contributed by atoms with van der Waals surface area (Å²) in [4.78, 5) is 22.5. The first-order valence-electron chi connectivity index (χ1n) is 7.88. The van der Waals surface area contributed by atoms with Crippen molar-refractivity contribution in [1.29, 1.82) is 0 Å². The van der Waals surface area contributed by atoms with Crippen LogP contribution >= 0.6 is 0 Å². The molecule has 1 aromatic rings. The van der Waals surface area contributed by atoms with E-state index in [0.717, 1.165) is 31.2 Å². The molecule has 0 fully saturated rings. The van der Waals surface area contributed by atoms with Crippen LogP contribution in [0.1, 0.15) is 65.9 Å². The molecule has 21 heavy (non-hydrogen) atoms. The molecule has 1 aromatic carbocycles. The number of unbranched alkanes of at least 4 members (excludes halogenated alkanes) is 1. The largest absolute Gasteiger partial charge is 0.358 e. The summed E-state index contributed by atoms with van der Waals surface area (Å²) in [5, 5.41) is 0. The SMILES string of the molecule is CCCCC(CC)C(=O)OOc1ccccc1C(C)(C)C. The molecule has 0 heterocycles. The van der Waals surface area contributed by atoms with Gasteiger partial charge in [0.2, 0.25) is 0 Å². The van der Waals surface area contributed by atoms with Crippen molar-refractivity contribution < 1.29 is 14.6 Å². The Balaban J connectivity index is 2.69. The van der Waals surface area contributed by atoms with E-state index in [4.69, 9.17) is 9.78 Å². The lowest BCUT2D eigenvalue weighted by atomic mass is 9.86. The van der Waals surface area contributed by atoms with Crippen molar-refractivity contribution >= 4 is 5.97 Å². The third-order valence-corrected chi connectivity index (χ3v) is 3.64. The maximum absolute atomic E-state index is 12.1. The fourth-order valence-electron chi connectivity index (χ4n) is 2.25. The van der Waals surface area contributed by atoms with Gasteiger partial charge in [0.05, 0.1) is 5.92 Å². The molecule has 0 aliphatic carbocycles. The van der Waals surface area contributed by atoms with Crippen molar-refractivity contribution in [2.75, 3.05) is 0 Å². The molecule has 0 saturated carbocycles. The Morgan fingerprint density at radius 3 is 2.43 bits per heavy atom. The number of rotatable bonds is 7. The van der Waals surface area contributed by atoms with E-state index in [0.29, 0.717) is 5.75 Å². The highest BCUT2D eigenvalue weighted by atomic mass is 17.2. The van der Waals surface area contributed by atoms with Crippen LogP contribution in [-0.2, 0) is 15.1 Å². The molecule has 0 N–H and O–H groups in total. The number of carbonyl (C=O) groups excluding carboxylic acids is 1. The summed E-state index contributed by atoms with van der Waals surface area (Å²) in [5.41, 5.74) is 0.967. The van der Waals surface area contributed by atoms with Gasteiger partial charge in [0.25, 0.3) is 0 Å². The third kappa shape index (κ3) is 5.41. The van der Waals surface area contributed by atoms with Crippen molar-refractivity contribution in [2.24, 2.45) is 5.92 Å². The van der Waals surface area contributed by atoms with Crippen LogP contribution in [0.2, 0.25) is 0 Å². The lowest BCUT2D eigenvalue weighted by Gasteiger charge is -2.21. The van der Waals surface area contributed by atoms with Crippen LogP contribution in [0.4, 0.5) is 0 Å². The third-order valence-electron chi connectivity index (χ3n) is 3.64. The molecule has 3 heteroatoms. The first-order chi connectivity index (χ1) is 9.90. The van der Waals surface area contributed by atoms with Crippen LogP contribution in [0.5, 0.6) is 5.75 Å². The number of hydrogen-bond acceptors (Lipinski definition) is 3. The van der Waals surface area contributed by atoms with Gasteiger partial charge >= 0.3 is 5.97 Å². The second kappa shape index (κ2) is 8.06. The molecule has 3 nitrogen and oxygen atoms in total. The minimum absolute atomic E-state index is 0.0601. The molecule has 1 unspecified atom stereocenters. The highest BCUT2D eigenvalue weighted by Crippen LogP contribution is 2.31. The van der Waals surface area contributed by atoms with Crippen molar-refractivity contribution in [3.05, 3.63) is 29.8 Å². The summed E-state index contributed by atoms with van der Waals surface area (Å²) >= 11 is 0. The van der Waals surface area contributed by atoms with E-state index in [1.54, 1.807) is 0 Å². The summed E-state index contributed by atoms with van der Waals surface area (Å²) in [6, 6.07) is 7.68. The zero-order valence-electron chi connectivity index (χ0n) is 13.9. The maximum Gasteiger partial charge on any atom is 0.358 e. The standard InChI is InChI=1S/C18H28O3/c1-6-8-11-14(7-2)17(19)21-20-16-13-10-9-12-15(16)18(3,4)5/h9-10,12-14H,6-8,11H2,1-5H3. The van der Waals surface area contributed by atoms with Crippen LogP contribution in [0.3, 0.4) is 0 Å². The molecule has 0 amide bonds. The van der Waals surface area contributed by atoms with E-state index in [-0.39, 0.29) is 17.3 Å².